The average molecular weight is 526 g/mol. The highest BCUT2D eigenvalue weighted by Gasteiger charge is 2.59. The maximum atomic E-state index is 12.7. The molecule has 0 saturated carbocycles. The normalized spacial score (nSPS) is 34.9. The summed E-state index contributed by atoms with van der Waals surface area (Å²) >= 11 is 0. The van der Waals surface area contributed by atoms with Gasteiger partial charge in [-0.15, -0.1) is 0 Å². The molecule has 0 spiro atoms. The minimum Gasteiger partial charge on any atom is -0.481 e. The molecular formula is C21H35O13P. The van der Waals surface area contributed by atoms with Crippen molar-refractivity contribution in [1.82, 2.24) is 0 Å². The van der Waals surface area contributed by atoms with Crippen molar-refractivity contribution in [2.24, 2.45) is 0 Å². The number of ether oxygens (including phenoxy) is 7. The number of carbonyl (C=O) groups excluding carboxylic acids is 1. The summed E-state index contributed by atoms with van der Waals surface area (Å²) < 4.78 is 62.8. The van der Waals surface area contributed by atoms with Crippen LogP contribution >= 0.6 is 7.60 Å². The molecule has 13 nitrogen and oxygen atoms in total. The zero-order valence-electron chi connectivity index (χ0n) is 20.4. The van der Waals surface area contributed by atoms with Crippen LogP contribution in [-0.4, -0.2) is 114 Å². The Bertz CT molecular complexity index is 756. The van der Waals surface area contributed by atoms with Crippen LogP contribution in [0.5, 0.6) is 0 Å². The molecule has 0 unspecified atom stereocenters. The number of ketones is 1. The van der Waals surface area contributed by atoms with Crippen molar-refractivity contribution >= 4 is 19.3 Å². The highest BCUT2D eigenvalue weighted by atomic mass is 31.2. The van der Waals surface area contributed by atoms with Gasteiger partial charge in [-0.1, -0.05) is 0 Å². The molecule has 202 valence electrons. The number of hydrogen-bond acceptors (Lipinski definition) is 12. The fourth-order valence-corrected chi connectivity index (χ4v) is 5.76. The molecule has 0 aromatic heterocycles. The number of hydrogen-bond donors (Lipinski definition) is 1. The summed E-state index contributed by atoms with van der Waals surface area (Å²) in [5, 5.41) is 9.19. The Balaban J connectivity index is 1.80. The molecule has 0 aromatic carbocycles. The first-order valence-electron chi connectivity index (χ1n) is 11.4. The van der Waals surface area contributed by atoms with Crippen molar-refractivity contribution in [3.05, 3.63) is 0 Å². The highest BCUT2D eigenvalue weighted by molar-refractivity contribution is 7.54. The lowest BCUT2D eigenvalue weighted by molar-refractivity contribution is -0.282. The Kier molecular flexibility index (Phi) is 10.6. The SMILES string of the molecule is COCO[C@@H]1[C@@H]2O[C@H](CC(=O)CP(=O)(OC)OC)[C@H](OCOC)[C@@H]2O[C@H]2CC[C@H](CC(=O)O)O[C@H]12. The maximum Gasteiger partial charge on any atom is 0.337 e. The second-order valence-electron chi connectivity index (χ2n) is 8.63. The van der Waals surface area contributed by atoms with Gasteiger partial charge in [0, 0.05) is 34.9 Å². The molecule has 14 heteroatoms. The van der Waals surface area contributed by atoms with Crippen LogP contribution in [0.1, 0.15) is 25.7 Å². The van der Waals surface area contributed by atoms with Crippen LogP contribution in [0.25, 0.3) is 0 Å². The van der Waals surface area contributed by atoms with E-state index in [0.29, 0.717) is 12.8 Å². The minimum absolute atomic E-state index is 0.0501. The van der Waals surface area contributed by atoms with Gasteiger partial charge >= 0.3 is 13.6 Å². The fourth-order valence-electron chi connectivity index (χ4n) is 4.79. The number of carboxylic acid groups (broad SMARTS) is 1. The fraction of sp³-hybridized carbons (Fsp3) is 0.905. The second kappa shape index (κ2) is 13.0. The van der Waals surface area contributed by atoms with E-state index in [1.54, 1.807) is 0 Å². The van der Waals surface area contributed by atoms with Gasteiger partial charge in [0.2, 0.25) is 0 Å². The summed E-state index contributed by atoms with van der Waals surface area (Å²) in [5.74, 6) is -1.35. The van der Waals surface area contributed by atoms with Crippen LogP contribution in [0.15, 0.2) is 0 Å². The first-order valence-corrected chi connectivity index (χ1v) is 13.1. The third-order valence-corrected chi connectivity index (χ3v) is 8.18. The van der Waals surface area contributed by atoms with Crippen LogP contribution in [0, 0.1) is 0 Å². The molecular weight excluding hydrogens is 491 g/mol. The number of fused-ring (bicyclic) bond motifs is 2. The van der Waals surface area contributed by atoms with Crippen molar-refractivity contribution in [1.29, 1.82) is 0 Å². The largest absolute Gasteiger partial charge is 0.481 e. The zero-order chi connectivity index (χ0) is 25.6. The predicted octanol–water partition coefficient (Wildman–Crippen LogP) is 0.967. The molecule has 1 N–H and O–H groups in total. The van der Waals surface area contributed by atoms with E-state index < -0.39 is 74.3 Å². The summed E-state index contributed by atoms with van der Waals surface area (Å²) in [5.41, 5.74) is 0. The Labute approximate surface area is 204 Å². The Morgan fingerprint density at radius 3 is 2.09 bits per heavy atom. The molecule has 0 aliphatic carbocycles. The number of carbonyl (C=O) groups is 2. The lowest BCUT2D eigenvalue weighted by Crippen LogP contribution is -2.62. The molecule has 3 aliphatic rings. The van der Waals surface area contributed by atoms with E-state index in [1.807, 2.05) is 0 Å². The molecule has 0 amide bonds. The smallest absolute Gasteiger partial charge is 0.337 e. The van der Waals surface area contributed by atoms with Gasteiger partial charge in [0.1, 0.15) is 56.1 Å². The van der Waals surface area contributed by atoms with Crippen molar-refractivity contribution in [2.45, 2.75) is 74.5 Å². The Morgan fingerprint density at radius 2 is 1.49 bits per heavy atom. The number of aliphatic carboxylic acids is 1. The first kappa shape index (κ1) is 28.6. The summed E-state index contributed by atoms with van der Waals surface area (Å²) in [6.07, 6.45) is -4.47. The van der Waals surface area contributed by atoms with Gasteiger partial charge in [0.05, 0.1) is 24.7 Å². The summed E-state index contributed by atoms with van der Waals surface area (Å²) in [6, 6.07) is 0. The zero-order valence-corrected chi connectivity index (χ0v) is 21.3. The van der Waals surface area contributed by atoms with Gasteiger partial charge in [-0.2, -0.15) is 0 Å². The van der Waals surface area contributed by atoms with Crippen LogP contribution in [0.3, 0.4) is 0 Å². The lowest BCUT2D eigenvalue weighted by Gasteiger charge is -2.47. The van der Waals surface area contributed by atoms with Gasteiger partial charge in [-0.05, 0) is 12.8 Å². The molecule has 0 radical (unpaired) electrons. The van der Waals surface area contributed by atoms with E-state index in [9.17, 15) is 19.3 Å². The van der Waals surface area contributed by atoms with Crippen molar-refractivity contribution in [2.75, 3.05) is 48.2 Å². The molecule has 35 heavy (non-hydrogen) atoms. The Hall–Kier alpha value is -0.990. The van der Waals surface area contributed by atoms with Crippen molar-refractivity contribution in [3.8, 4) is 0 Å². The van der Waals surface area contributed by atoms with E-state index >= 15 is 0 Å². The number of carboxylic acids is 1. The molecule has 3 rings (SSSR count). The molecule has 8 atom stereocenters. The van der Waals surface area contributed by atoms with Crippen LogP contribution in [0.4, 0.5) is 0 Å². The standard InChI is InChI=1S/C21H35O13P/c1-26-10-30-17-15(7-12(22)9-35(25,28-3)29-4)34-21-19(31-11-27-2)18-14(33-20(17)21)6-5-13(32-18)8-16(23)24/h13-15,17-21H,5-11H2,1-4H3,(H,23,24)/t13-,14+,15-,17+,18+,19+,20+,21+/m1/s1. The van der Waals surface area contributed by atoms with Gasteiger partial charge in [0.25, 0.3) is 0 Å². The predicted molar refractivity (Wildman–Crippen MR) is 117 cm³/mol. The average Bonchev–Trinajstić information content (AvgIpc) is 3.16. The van der Waals surface area contributed by atoms with Gasteiger partial charge in [-0.25, -0.2) is 0 Å². The van der Waals surface area contributed by atoms with E-state index in [-0.39, 0.29) is 26.4 Å². The van der Waals surface area contributed by atoms with Gasteiger partial charge in [0.15, 0.2) is 0 Å². The van der Waals surface area contributed by atoms with E-state index in [0.717, 1.165) is 0 Å². The van der Waals surface area contributed by atoms with Crippen LogP contribution < -0.4 is 0 Å². The van der Waals surface area contributed by atoms with Gasteiger partial charge < -0.3 is 47.3 Å². The molecule has 0 bridgehead atoms. The summed E-state index contributed by atoms with van der Waals surface area (Å²) in [7, 11) is 1.84. The van der Waals surface area contributed by atoms with Crippen LogP contribution in [-0.2, 0) is 56.4 Å². The van der Waals surface area contributed by atoms with E-state index in [1.165, 1.54) is 28.4 Å². The third-order valence-electron chi connectivity index (χ3n) is 6.33. The molecule has 3 fully saturated rings. The summed E-state index contributed by atoms with van der Waals surface area (Å²) in [4.78, 5) is 23.9. The number of Topliss-reactive ketones (excluding diaryl/α,β-unsaturated/α-hetero) is 1. The topological polar surface area (TPSA) is 155 Å². The monoisotopic (exact) mass is 526 g/mol. The molecule has 0 aromatic rings. The quantitative estimate of drug-likeness (QED) is 0.253. The Morgan fingerprint density at radius 1 is 0.857 bits per heavy atom. The summed E-state index contributed by atoms with van der Waals surface area (Å²) in [6.45, 7) is -0.111. The lowest BCUT2D eigenvalue weighted by atomic mass is 9.87. The second-order valence-corrected chi connectivity index (χ2v) is 10.9. The van der Waals surface area contributed by atoms with Crippen LogP contribution in [0.2, 0.25) is 0 Å². The molecule has 3 saturated heterocycles. The van der Waals surface area contributed by atoms with Gasteiger partial charge in [-0.3, -0.25) is 14.2 Å². The van der Waals surface area contributed by atoms with E-state index in [4.69, 9.17) is 42.2 Å². The number of methoxy groups -OCH3 is 2. The molecule has 3 heterocycles. The highest BCUT2D eigenvalue weighted by Crippen LogP contribution is 2.47. The maximum absolute atomic E-state index is 12.7. The minimum atomic E-state index is -3.54. The molecule has 3 aliphatic heterocycles. The first-order chi connectivity index (χ1) is 16.7. The number of rotatable bonds is 14. The third kappa shape index (κ3) is 7.07. The van der Waals surface area contributed by atoms with Crippen molar-refractivity contribution in [3.63, 3.8) is 0 Å². The van der Waals surface area contributed by atoms with Crippen molar-refractivity contribution < 1.29 is 61.5 Å². The van der Waals surface area contributed by atoms with E-state index in [2.05, 4.69) is 0 Å².